The second-order valence-corrected chi connectivity index (χ2v) is 6.66. The zero-order chi connectivity index (χ0) is 18.4. The van der Waals surface area contributed by atoms with Gasteiger partial charge in [0.05, 0.1) is 23.7 Å². The first-order chi connectivity index (χ1) is 12.0. The average molecular weight is 351 g/mol. The number of carboxylic acids is 1. The van der Waals surface area contributed by atoms with Crippen LogP contribution in [-0.4, -0.2) is 46.5 Å². The Labute approximate surface area is 148 Å². The van der Waals surface area contributed by atoms with Crippen LogP contribution < -0.4 is 5.32 Å². The zero-order valence-corrected chi connectivity index (χ0v) is 15.3. The first-order valence-electron chi connectivity index (χ1n) is 9.12. The van der Waals surface area contributed by atoms with Crippen LogP contribution in [0.15, 0.2) is 6.20 Å². The summed E-state index contributed by atoms with van der Waals surface area (Å²) in [6.07, 6.45) is 4.92. The van der Waals surface area contributed by atoms with E-state index in [4.69, 9.17) is 4.74 Å². The Morgan fingerprint density at radius 1 is 1.36 bits per heavy atom. The lowest BCUT2D eigenvalue weighted by molar-refractivity contribution is -0.144. The number of nitrogens with one attached hydrogen (secondary N) is 1. The molecule has 0 aliphatic carbocycles. The van der Waals surface area contributed by atoms with Crippen LogP contribution in [0.4, 0.5) is 0 Å². The Morgan fingerprint density at radius 2 is 2.00 bits per heavy atom. The number of rotatable bonds is 8. The molecule has 0 bridgehead atoms. The summed E-state index contributed by atoms with van der Waals surface area (Å²) in [7, 11) is 0. The molecular formula is C18H29N3O4. The van der Waals surface area contributed by atoms with Crippen LogP contribution in [0.2, 0.25) is 0 Å². The van der Waals surface area contributed by atoms with Gasteiger partial charge in [-0.3, -0.25) is 14.3 Å². The minimum atomic E-state index is -0.864. The normalized spacial score (nSPS) is 16.8. The van der Waals surface area contributed by atoms with Crippen molar-refractivity contribution >= 4 is 11.9 Å². The van der Waals surface area contributed by atoms with E-state index < -0.39 is 11.9 Å². The van der Waals surface area contributed by atoms with Crippen LogP contribution in [0.3, 0.4) is 0 Å². The Bertz CT molecular complexity index is 589. The van der Waals surface area contributed by atoms with Crippen molar-refractivity contribution in [1.82, 2.24) is 15.1 Å². The van der Waals surface area contributed by atoms with Crippen LogP contribution in [-0.2, 0) is 9.53 Å². The molecule has 1 aromatic rings. The van der Waals surface area contributed by atoms with Gasteiger partial charge in [-0.25, -0.2) is 0 Å². The summed E-state index contributed by atoms with van der Waals surface area (Å²) in [5.74, 6) is -1.66. The van der Waals surface area contributed by atoms with Gasteiger partial charge < -0.3 is 15.2 Å². The van der Waals surface area contributed by atoms with Crippen molar-refractivity contribution in [2.24, 2.45) is 11.8 Å². The average Bonchev–Trinajstić information content (AvgIpc) is 2.98. The molecule has 1 amide bonds. The summed E-state index contributed by atoms with van der Waals surface area (Å²) in [5, 5.41) is 16.6. The molecule has 140 valence electrons. The second-order valence-electron chi connectivity index (χ2n) is 6.66. The molecule has 0 saturated carbocycles. The molecule has 1 fully saturated rings. The quantitative estimate of drug-likeness (QED) is 0.750. The van der Waals surface area contributed by atoms with Crippen LogP contribution in [0.1, 0.15) is 61.6 Å². The fourth-order valence-electron chi connectivity index (χ4n) is 3.52. The lowest BCUT2D eigenvalue weighted by Crippen LogP contribution is -2.39. The van der Waals surface area contributed by atoms with Crippen LogP contribution in [0.25, 0.3) is 0 Å². The number of aromatic nitrogens is 2. The number of aliphatic carboxylic acids is 1. The van der Waals surface area contributed by atoms with Crippen molar-refractivity contribution in [3.63, 3.8) is 0 Å². The molecule has 1 aromatic heterocycles. The zero-order valence-electron chi connectivity index (χ0n) is 15.3. The lowest BCUT2D eigenvalue weighted by Gasteiger charge is -2.27. The SMILES string of the molecule is CCC(CC)n1ncc(C(=O)NCC(C(=O)O)C2CCOCC2)c1C. The first kappa shape index (κ1) is 19.4. The van der Waals surface area contributed by atoms with Crippen LogP contribution in [0, 0.1) is 18.8 Å². The molecule has 1 atom stereocenters. The molecular weight excluding hydrogens is 322 g/mol. The molecule has 0 spiro atoms. The molecule has 1 saturated heterocycles. The number of carboxylic acid groups (broad SMARTS) is 1. The maximum atomic E-state index is 12.5. The van der Waals surface area contributed by atoms with Gasteiger partial charge in [-0.1, -0.05) is 13.8 Å². The number of hydrogen-bond donors (Lipinski definition) is 2. The summed E-state index contributed by atoms with van der Waals surface area (Å²) < 4.78 is 7.19. The molecule has 25 heavy (non-hydrogen) atoms. The molecule has 2 rings (SSSR count). The molecule has 1 aliphatic rings. The highest BCUT2D eigenvalue weighted by molar-refractivity contribution is 5.95. The third kappa shape index (κ3) is 4.60. The van der Waals surface area contributed by atoms with Gasteiger partial charge in [0, 0.05) is 25.5 Å². The van der Waals surface area contributed by atoms with Crippen molar-refractivity contribution in [2.75, 3.05) is 19.8 Å². The van der Waals surface area contributed by atoms with Crippen molar-refractivity contribution in [1.29, 1.82) is 0 Å². The second kappa shape index (κ2) is 8.99. The predicted octanol–water partition coefficient (Wildman–Crippen LogP) is 2.41. The van der Waals surface area contributed by atoms with Crippen molar-refractivity contribution in [2.45, 2.75) is 52.5 Å². The molecule has 7 heteroatoms. The Morgan fingerprint density at radius 3 is 2.56 bits per heavy atom. The molecule has 7 nitrogen and oxygen atoms in total. The molecule has 0 radical (unpaired) electrons. The Kier molecular flexibility index (Phi) is 6.99. The highest BCUT2D eigenvalue weighted by Gasteiger charge is 2.30. The molecule has 1 unspecified atom stereocenters. The summed E-state index contributed by atoms with van der Waals surface area (Å²) in [4.78, 5) is 24.1. The highest BCUT2D eigenvalue weighted by Crippen LogP contribution is 2.24. The van der Waals surface area contributed by atoms with Crippen LogP contribution >= 0.6 is 0 Å². The fourth-order valence-corrected chi connectivity index (χ4v) is 3.52. The molecule has 0 aromatic carbocycles. The third-order valence-electron chi connectivity index (χ3n) is 5.21. The third-order valence-corrected chi connectivity index (χ3v) is 5.21. The number of ether oxygens (including phenoxy) is 1. The molecule has 2 heterocycles. The largest absolute Gasteiger partial charge is 0.481 e. The Balaban J connectivity index is 2.02. The van der Waals surface area contributed by atoms with Gasteiger partial charge in [-0.05, 0) is 38.5 Å². The number of nitrogens with zero attached hydrogens (tertiary/aromatic N) is 2. The smallest absolute Gasteiger partial charge is 0.308 e. The topological polar surface area (TPSA) is 93.5 Å². The monoisotopic (exact) mass is 351 g/mol. The number of hydrogen-bond acceptors (Lipinski definition) is 4. The van der Waals surface area contributed by atoms with E-state index >= 15 is 0 Å². The maximum absolute atomic E-state index is 12.5. The number of carbonyl (C=O) groups excluding carboxylic acids is 1. The standard InChI is InChI=1S/C18H29N3O4/c1-4-14(5-2)21-12(3)15(11-20-21)17(22)19-10-16(18(23)24)13-6-8-25-9-7-13/h11,13-14,16H,4-10H2,1-3H3,(H,19,22)(H,23,24). The van der Waals surface area contributed by atoms with E-state index in [9.17, 15) is 14.7 Å². The minimum absolute atomic E-state index is 0.0416. The van der Waals surface area contributed by atoms with E-state index in [-0.39, 0.29) is 24.4 Å². The van der Waals surface area contributed by atoms with Gasteiger partial charge in [0.2, 0.25) is 0 Å². The molecule has 2 N–H and O–H groups in total. The summed E-state index contributed by atoms with van der Waals surface area (Å²) in [6.45, 7) is 7.38. The first-order valence-corrected chi connectivity index (χ1v) is 9.12. The van der Waals surface area contributed by atoms with E-state index in [2.05, 4.69) is 24.3 Å². The van der Waals surface area contributed by atoms with Crippen LogP contribution in [0.5, 0.6) is 0 Å². The van der Waals surface area contributed by atoms with Crippen molar-refractivity contribution < 1.29 is 19.4 Å². The van der Waals surface area contributed by atoms with Crippen molar-refractivity contribution in [3.05, 3.63) is 17.5 Å². The molecule has 1 aliphatic heterocycles. The summed E-state index contributed by atoms with van der Waals surface area (Å²) >= 11 is 0. The maximum Gasteiger partial charge on any atom is 0.308 e. The van der Waals surface area contributed by atoms with E-state index in [0.717, 1.165) is 31.4 Å². The lowest BCUT2D eigenvalue weighted by atomic mass is 9.86. The minimum Gasteiger partial charge on any atom is -0.481 e. The summed E-state index contributed by atoms with van der Waals surface area (Å²) in [5.41, 5.74) is 1.34. The summed E-state index contributed by atoms with van der Waals surface area (Å²) in [6, 6.07) is 0.274. The van der Waals surface area contributed by atoms with E-state index in [1.165, 1.54) is 0 Å². The number of amides is 1. The van der Waals surface area contributed by atoms with E-state index in [1.807, 2.05) is 11.6 Å². The van der Waals surface area contributed by atoms with Gasteiger partial charge in [0.1, 0.15) is 0 Å². The number of carbonyl (C=O) groups is 2. The van der Waals surface area contributed by atoms with Gasteiger partial charge in [-0.2, -0.15) is 5.10 Å². The predicted molar refractivity (Wildman–Crippen MR) is 93.6 cm³/mol. The van der Waals surface area contributed by atoms with E-state index in [0.29, 0.717) is 18.8 Å². The Hall–Kier alpha value is -1.89. The van der Waals surface area contributed by atoms with Crippen molar-refractivity contribution in [3.8, 4) is 0 Å². The van der Waals surface area contributed by atoms with E-state index in [1.54, 1.807) is 6.20 Å². The van der Waals surface area contributed by atoms with Gasteiger partial charge in [0.15, 0.2) is 0 Å². The van der Waals surface area contributed by atoms with Gasteiger partial charge in [0.25, 0.3) is 5.91 Å². The van der Waals surface area contributed by atoms with Gasteiger partial charge in [-0.15, -0.1) is 0 Å². The highest BCUT2D eigenvalue weighted by atomic mass is 16.5. The fraction of sp³-hybridized carbons (Fsp3) is 0.722. The van der Waals surface area contributed by atoms with Gasteiger partial charge >= 0.3 is 5.97 Å².